The first-order valence-electron chi connectivity index (χ1n) is 8.55. The van der Waals surface area contributed by atoms with Gasteiger partial charge in [0, 0.05) is 38.3 Å². The fourth-order valence-electron chi connectivity index (χ4n) is 4.04. The molecule has 1 N–H and O–H groups in total. The normalized spacial score (nSPS) is 20.2. The third-order valence-corrected chi connectivity index (χ3v) is 5.47. The van der Waals surface area contributed by atoms with Gasteiger partial charge in [-0.15, -0.1) is 24.8 Å². The molecule has 142 valence electrons. The van der Waals surface area contributed by atoms with E-state index < -0.39 is 0 Å². The number of piperazine rings is 1. The third-order valence-electron chi connectivity index (χ3n) is 5.15. The zero-order chi connectivity index (χ0) is 16.2. The van der Waals surface area contributed by atoms with Crippen molar-refractivity contribution in [1.82, 2.24) is 10.2 Å². The largest absolute Gasteiger partial charge is 0.314 e. The molecule has 5 nitrogen and oxygen atoms in total. The van der Waals surface area contributed by atoms with E-state index in [-0.39, 0.29) is 46.5 Å². The Balaban J connectivity index is 0.00000156. The molecule has 1 aliphatic heterocycles. The van der Waals surface area contributed by atoms with Gasteiger partial charge in [0.25, 0.3) is 5.69 Å². The van der Waals surface area contributed by atoms with Gasteiger partial charge in [0.2, 0.25) is 0 Å². The molecule has 25 heavy (non-hydrogen) atoms. The average Bonchev–Trinajstić information content (AvgIpc) is 2.58. The van der Waals surface area contributed by atoms with Gasteiger partial charge in [0.05, 0.1) is 4.92 Å². The monoisotopic (exact) mass is 409 g/mol. The van der Waals surface area contributed by atoms with E-state index in [0.717, 1.165) is 31.7 Å². The van der Waals surface area contributed by atoms with E-state index in [1.165, 1.54) is 32.1 Å². The van der Waals surface area contributed by atoms with Crippen molar-refractivity contribution in [3.8, 4) is 0 Å². The quantitative estimate of drug-likeness (QED) is 0.581. The van der Waals surface area contributed by atoms with Crippen LogP contribution in [0, 0.1) is 16.0 Å². The first kappa shape index (κ1) is 22.5. The fraction of sp³-hybridized carbons (Fsp3) is 0.647. The summed E-state index contributed by atoms with van der Waals surface area (Å²) in [4.78, 5) is 13.4. The Kier molecular flexibility index (Phi) is 9.46. The lowest BCUT2D eigenvalue weighted by molar-refractivity contribution is -0.384. The van der Waals surface area contributed by atoms with Gasteiger partial charge in [0.15, 0.2) is 0 Å². The lowest BCUT2D eigenvalue weighted by Gasteiger charge is -2.41. The molecular weight excluding hydrogens is 385 g/mol. The average molecular weight is 411 g/mol. The Hall–Kier alpha value is -0.590. The van der Waals surface area contributed by atoms with Crippen LogP contribution in [0.3, 0.4) is 0 Å². The lowest BCUT2D eigenvalue weighted by Crippen LogP contribution is -2.47. The summed E-state index contributed by atoms with van der Waals surface area (Å²) in [6.07, 6.45) is 6.27. The summed E-state index contributed by atoms with van der Waals surface area (Å²) in [7, 11) is 0. The summed E-state index contributed by atoms with van der Waals surface area (Å²) >= 11 is 6.00. The molecular formula is C17H26Cl3N3O2. The van der Waals surface area contributed by atoms with Crippen molar-refractivity contribution in [3.63, 3.8) is 0 Å². The standard InChI is InChI=1S/C17H24ClN3O2.2ClH/c18-15-7-6-14(12-16(15)21(22)23)17(13-4-2-1-3-5-13)20-10-8-19-9-11-20;;/h6-7,12-13,17,19H,1-5,8-11H2;2*1H/t17-;;/m0../s1. The summed E-state index contributed by atoms with van der Waals surface area (Å²) in [6, 6.07) is 5.64. The molecule has 3 rings (SSSR count). The second-order valence-corrected chi connectivity index (χ2v) is 7.00. The van der Waals surface area contributed by atoms with E-state index in [2.05, 4.69) is 10.2 Å². The Morgan fingerprint density at radius 1 is 1.16 bits per heavy atom. The van der Waals surface area contributed by atoms with E-state index in [4.69, 9.17) is 11.6 Å². The van der Waals surface area contributed by atoms with Gasteiger partial charge in [-0.25, -0.2) is 0 Å². The molecule has 0 bridgehead atoms. The van der Waals surface area contributed by atoms with E-state index in [9.17, 15) is 10.1 Å². The highest BCUT2D eigenvalue weighted by atomic mass is 35.5. The minimum atomic E-state index is -0.373. The van der Waals surface area contributed by atoms with Crippen LogP contribution in [0.25, 0.3) is 0 Å². The number of rotatable bonds is 4. The molecule has 1 saturated carbocycles. The molecule has 0 amide bonds. The Morgan fingerprint density at radius 3 is 2.40 bits per heavy atom. The molecule has 2 fully saturated rings. The summed E-state index contributed by atoms with van der Waals surface area (Å²) in [5.74, 6) is 0.586. The van der Waals surface area contributed by atoms with Crippen LogP contribution in [0.15, 0.2) is 18.2 Å². The maximum absolute atomic E-state index is 11.2. The minimum Gasteiger partial charge on any atom is -0.314 e. The zero-order valence-electron chi connectivity index (χ0n) is 14.2. The Bertz CT molecular complexity index is 544. The van der Waals surface area contributed by atoms with Gasteiger partial charge in [-0.2, -0.15) is 0 Å². The molecule has 0 aromatic heterocycles. The topological polar surface area (TPSA) is 58.4 Å². The molecule has 1 saturated heterocycles. The summed E-state index contributed by atoms with van der Waals surface area (Å²) < 4.78 is 0. The van der Waals surface area contributed by atoms with E-state index >= 15 is 0 Å². The molecule has 1 aromatic rings. The summed E-state index contributed by atoms with van der Waals surface area (Å²) in [5, 5.41) is 14.9. The van der Waals surface area contributed by atoms with Crippen LogP contribution in [-0.2, 0) is 0 Å². The highest BCUT2D eigenvalue weighted by molar-refractivity contribution is 6.32. The molecule has 1 aliphatic carbocycles. The molecule has 1 aromatic carbocycles. The minimum absolute atomic E-state index is 0. The maximum Gasteiger partial charge on any atom is 0.288 e. The van der Waals surface area contributed by atoms with Crippen LogP contribution in [-0.4, -0.2) is 36.0 Å². The van der Waals surface area contributed by atoms with Crippen LogP contribution in [0.2, 0.25) is 5.02 Å². The summed E-state index contributed by atoms with van der Waals surface area (Å²) in [6.45, 7) is 3.97. The number of hydrogen-bond donors (Lipinski definition) is 1. The fourth-order valence-corrected chi connectivity index (χ4v) is 4.23. The number of hydrogen-bond acceptors (Lipinski definition) is 4. The van der Waals surface area contributed by atoms with Crippen LogP contribution in [0.1, 0.15) is 43.7 Å². The first-order valence-corrected chi connectivity index (χ1v) is 8.93. The number of halogens is 3. The molecule has 1 heterocycles. The van der Waals surface area contributed by atoms with E-state index in [1.807, 2.05) is 6.07 Å². The van der Waals surface area contributed by atoms with Gasteiger partial charge < -0.3 is 5.32 Å². The van der Waals surface area contributed by atoms with Gasteiger partial charge in [-0.1, -0.05) is 36.9 Å². The van der Waals surface area contributed by atoms with Crippen molar-refractivity contribution in [2.75, 3.05) is 26.2 Å². The molecule has 1 atom stereocenters. The number of nitro benzene ring substituents is 1. The van der Waals surface area contributed by atoms with Crippen molar-refractivity contribution in [2.45, 2.75) is 38.1 Å². The molecule has 0 spiro atoms. The zero-order valence-corrected chi connectivity index (χ0v) is 16.5. The molecule has 2 aliphatic rings. The van der Waals surface area contributed by atoms with Crippen LogP contribution < -0.4 is 5.32 Å². The van der Waals surface area contributed by atoms with Gasteiger partial charge in [0.1, 0.15) is 5.02 Å². The Morgan fingerprint density at radius 2 is 1.80 bits per heavy atom. The number of benzene rings is 1. The van der Waals surface area contributed by atoms with Crippen LogP contribution in [0.5, 0.6) is 0 Å². The molecule has 0 radical (unpaired) electrons. The van der Waals surface area contributed by atoms with Crippen LogP contribution in [0.4, 0.5) is 5.69 Å². The van der Waals surface area contributed by atoms with Crippen molar-refractivity contribution >= 4 is 42.1 Å². The van der Waals surface area contributed by atoms with E-state index in [1.54, 1.807) is 12.1 Å². The van der Waals surface area contributed by atoms with Crippen molar-refractivity contribution in [2.24, 2.45) is 5.92 Å². The second-order valence-electron chi connectivity index (χ2n) is 6.60. The highest BCUT2D eigenvalue weighted by Crippen LogP contribution is 2.40. The van der Waals surface area contributed by atoms with E-state index in [0.29, 0.717) is 5.92 Å². The number of nitrogens with zero attached hydrogens (tertiary/aromatic N) is 2. The van der Waals surface area contributed by atoms with Crippen molar-refractivity contribution < 1.29 is 4.92 Å². The number of nitro groups is 1. The maximum atomic E-state index is 11.2. The first-order chi connectivity index (χ1) is 11.2. The predicted octanol–water partition coefficient (Wildman–Crippen LogP) is 4.62. The van der Waals surface area contributed by atoms with Gasteiger partial charge in [-0.05, 0) is 30.4 Å². The van der Waals surface area contributed by atoms with Gasteiger partial charge >= 0.3 is 0 Å². The second kappa shape index (κ2) is 10.5. The number of nitrogens with one attached hydrogen (secondary N) is 1. The predicted molar refractivity (Wildman–Crippen MR) is 106 cm³/mol. The third kappa shape index (κ3) is 5.44. The Labute approximate surface area is 166 Å². The smallest absolute Gasteiger partial charge is 0.288 e. The lowest BCUT2D eigenvalue weighted by atomic mass is 9.80. The molecule has 0 unspecified atom stereocenters. The molecule has 8 heteroatoms. The SMILES string of the molecule is Cl.Cl.O=[N+]([O-])c1cc([C@H](C2CCCCC2)N2CCNCC2)ccc1Cl. The van der Waals surface area contributed by atoms with Crippen molar-refractivity contribution in [1.29, 1.82) is 0 Å². The van der Waals surface area contributed by atoms with Gasteiger partial charge in [-0.3, -0.25) is 15.0 Å². The van der Waals surface area contributed by atoms with Crippen molar-refractivity contribution in [3.05, 3.63) is 38.9 Å². The highest BCUT2D eigenvalue weighted by Gasteiger charge is 2.32. The van der Waals surface area contributed by atoms with Crippen LogP contribution >= 0.6 is 36.4 Å². The summed E-state index contributed by atoms with van der Waals surface area (Å²) in [5.41, 5.74) is 1.08.